The van der Waals surface area contributed by atoms with Gasteiger partial charge in [0.1, 0.15) is 6.04 Å². The predicted octanol–water partition coefficient (Wildman–Crippen LogP) is 4.18. The first kappa shape index (κ1) is 26.8. The predicted molar refractivity (Wildman–Crippen MR) is 138 cm³/mol. The number of amides is 1. The molecule has 0 saturated carbocycles. The number of carbonyl (C=O) groups is 2. The number of halogens is 1. The second-order valence-corrected chi connectivity index (χ2v) is 11.4. The molecule has 186 valence electrons. The molecule has 3 aromatic rings. The van der Waals surface area contributed by atoms with Crippen molar-refractivity contribution in [3.63, 3.8) is 0 Å². The third-order valence-corrected chi connectivity index (χ3v) is 7.89. The van der Waals surface area contributed by atoms with Crippen LogP contribution in [0.3, 0.4) is 0 Å². The number of aliphatic carboxylic acids is 1. The third kappa shape index (κ3) is 7.60. The molecule has 11 heteroatoms. The van der Waals surface area contributed by atoms with Crippen LogP contribution in [0.1, 0.15) is 24.1 Å². The van der Waals surface area contributed by atoms with E-state index in [-0.39, 0.29) is 22.2 Å². The number of hydrogen-bond acceptors (Lipinski definition) is 7. The average Bonchev–Trinajstić information content (AvgIpc) is 3.15. The van der Waals surface area contributed by atoms with E-state index in [1.165, 1.54) is 23.5 Å². The Morgan fingerprint density at radius 2 is 1.89 bits per heavy atom. The van der Waals surface area contributed by atoms with Crippen LogP contribution in [0.15, 0.2) is 53.4 Å². The number of nitrogens with zero attached hydrogens (tertiary/aromatic N) is 1. The molecule has 35 heavy (non-hydrogen) atoms. The van der Waals surface area contributed by atoms with Gasteiger partial charge in [-0.1, -0.05) is 59.3 Å². The smallest absolute Gasteiger partial charge is 0.321 e. The SMILES string of the molecule is Cc1nc(NC(=O)CCCN[C@@H](Cc2ccccc2)C(=O)O)sc1-c1ccc(Cl)c(S(C)(=O)=O)c1. The number of nitrogens with one attached hydrogen (secondary N) is 2. The minimum atomic E-state index is -3.49. The van der Waals surface area contributed by atoms with Gasteiger partial charge in [-0.25, -0.2) is 13.4 Å². The molecule has 2 aromatic carbocycles. The van der Waals surface area contributed by atoms with Crippen LogP contribution in [0.2, 0.25) is 5.02 Å². The number of aromatic nitrogens is 1. The van der Waals surface area contributed by atoms with Crippen LogP contribution in [-0.2, 0) is 25.8 Å². The number of carbonyl (C=O) groups excluding carboxylic acids is 1. The second kappa shape index (κ2) is 11.8. The van der Waals surface area contributed by atoms with Gasteiger partial charge >= 0.3 is 5.97 Å². The highest BCUT2D eigenvalue weighted by Gasteiger charge is 2.19. The molecule has 1 amide bonds. The van der Waals surface area contributed by atoms with Crippen LogP contribution in [0.5, 0.6) is 0 Å². The monoisotopic (exact) mass is 535 g/mol. The fourth-order valence-corrected chi connectivity index (χ4v) is 5.73. The van der Waals surface area contributed by atoms with Crippen molar-refractivity contribution < 1.29 is 23.1 Å². The Labute approximate surface area is 213 Å². The molecule has 0 aliphatic carbocycles. The van der Waals surface area contributed by atoms with Gasteiger partial charge in [0.05, 0.1) is 20.5 Å². The highest BCUT2D eigenvalue weighted by Crippen LogP contribution is 2.35. The van der Waals surface area contributed by atoms with Gasteiger partial charge in [0.2, 0.25) is 5.91 Å². The van der Waals surface area contributed by atoms with E-state index in [0.29, 0.717) is 35.8 Å². The van der Waals surface area contributed by atoms with Crippen molar-refractivity contribution in [2.75, 3.05) is 18.1 Å². The maximum atomic E-state index is 12.4. The lowest BCUT2D eigenvalue weighted by atomic mass is 10.1. The molecule has 0 fully saturated rings. The summed E-state index contributed by atoms with van der Waals surface area (Å²) in [5.41, 5.74) is 2.22. The number of anilines is 1. The summed E-state index contributed by atoms with van der Waals surface area (Å²) in [6.07, 6.45) is 2.10. The number of hydrogen-bond donors (Lipinski definition) is 3. The molecule has 8 nitrogen and oxygen atoms in total. The fraction of sp³-hybridized carbons (Fsp3) is 0.292. The Balaban J connectivity index is 1.55. The molecule has 1 heterocycles. The van der Waals surface area contributed by atoms with Gasteiger partial charge in [-0.15, -0.1) is 0 Å². The first-order valence-electron chi connectivity index (χ1n) is 10.8. The summed E-state index contributed by atoms with van der Waals surface area (Å²) in [6.45, 7) is 2.15. The zero-order chi connectivity index (χ0) is 25.6. The molecular weight excluding hydrogens is 510 g/mol. The Morgan fingerprint density at radius 3 is 2.54 bits per heavy atom. The summed E-state index contributed by atoms with van der Waals surface area (Å²) in [5.74, 6) is -1.18. The van der Waals surface area contributed by atoms with E-state index in [4.69, 9.17) is 11.6 Å². The van der Waals surface area contributed by atoms with Crippen LogP contribution in [0.4, 0.5) is 5.13 Å². The molecule has 0 spiro atoms. The molecule has 0 unspecified atom stereocenters. The molecule has 1 aromatic heterocycles. The largest absolute Gasteiger partial charge is 0.480 e. The number of carboxylic acids is 1. The van der Waals surface area contributed by atoms with Gasteiger partial charge in [-0.05, 0) is 49.6 Å². The van der Waals surface area contributed by atoms with Gasteiger partial charge < -0.3 is 15.7 Å². The number of rotatable bonds is 11. The molecule has 0 aliphatic rings. The van der Waals surface area contributed by atoms with E-state index >= 15 is 0 Å². The number of benzene rings is 2. The average molecular weight is 536 g/mol. The van der Waals surface area contributed by atoms with Gasteiger partial charge in [0.25, 0.3) is 0 Å². The molecule has 0 aliphatic heterocycles. The van der Waals surface area contributed by atoms with Gasteiger partial charge in [-0.2, -0.15) is 0 Å². The van der Waals surface area contributed by atoms with E-state index in [2.05, 4.69) is 15.6 Å². The van der Waals surface area contributed by atoms with Crippen molar-refractivity contribution in [3.05, 3.63) is 64.8 Å². The molecule has 3 N–H and O–H groups in total. The molecule has 0 saturated heterocycles. The van der Waals surface area contributed by atoms with E-state index in [1.807, 2.05) is 30.3 Å². The van der Waals surface area contributed by atoms with E-state index in [9.17, 15) is 23.1 Å². The van der Waals surface area contributed by atoms with Crippen LogP contribution in [0, 0.1) is 6.92 Å². The molecule has 1 atom stereocenters. The minimum absolute atomic E-state index is 0.0366. The maximum absolute atomic E-state index is 12.4. The van der Waals surface area contributed by atoms with Crippen LogP contribution < -0.4 is 10.6 Å². The Morgan fingerprint density at radius 1 is 1.17 bits per heavy atom. The summed E-state index contributed by atoms with van der Waals surface area (Å²) >= 11 is 7.27. The van der Waals surface area contributed by atoms with E-state index < -0.39 is 21.8 Å². The van der Waals surface area contributed by atoms with Gasteiger partial charge in [0, 0.05) is 12.7 Å². The number of carboxylic acid groups (broad SMARTS) is 1. The molecule has 3 rings (SSSR count). The zero-order valence-corrected chi connectivity index (χ0v) is 21.6. The maximum Gasteiger partial charge on any atom is 0.321 e. The van der Waals surface area contributed by atoms with Crippen LogP contribution in [-0.4, -0.2) is 49.2 Å². The molecule has 0 bridgehead atoms. The number of sulfone groups is 1. The van der Waals surface area contributed by atoms with Crippen molar-refractivity contribution in [3.8, 4) is 10.4 Å². The van der Waals surface area contributed by atoms with Crippen molar-refractivity contribution in [2.24, 2.45) is 0 Å². The minimum Gasteiger partial charge on any atom is -0.480 e. The quantitative estimate of drug-likeness (QED) is 0.314. The standard InChI is InChI=1S/C24H26ClN3O5S2/c1-15-22(17-10-11-18(25)20(14-17)35(2,32)33)34-24(27-15)28-21(29)9-6-12-26-19(23(30)31)13-16-7-4-3-5-8-16/h3-5,7-8,10-11,14,19,26H,6,9,12-13H2,1-2H3,(H,30,31)(H,27,28,29)/t19-/m0/s1. The fourth-order valence-electron chi connectivity index (χ4n) is 3.45. The lowest BCUT2D eigenvalue weighted by Gasteiger charge is -2.14. The van der Waals surface area contributed by atoms with Crippen molar-refractivity contribution in [1.29, 1.82) is 0 Å². The summed E-state index contributed by atoms with van der Waals surface area (Å²) < 4.78 is 24.0. The zero-order valence-electron chi connectivity index (χ0n) is 19.2. The number of thiazole rings is 1. The van der Waals surface area contributed by atoms with Gasteiger partial charge in [-0.3, -0.25) is 9.59 Å². The normalized spacial score (nSPS) is 12.3. The number of aryl methyl sites for hydroxylation is 1. The van der Waals surface area contributed by atoms with Crippen LogP contribution in [0.25, 0.3) is 10.4 Å². The lowest BCUT2D eigenvalue weighted by Crippen LogP contribution is -2.39. The van der Waals surface area contributed by atoms with Crippen molar-refractivity contribution in [1.82, 2.24) is 10.3 Å². The third-order valence-electron chi connectivity index (χ3n) is 5.19. The topological polar surface area (TPSA) is 125 Å². The van der Waals surface area contributed by atoms with Crippen LogP contribution >= 0.6 is 22.9 Å². The first-order valence-corrected chi connectivity index (χ1v) is 13.9. The second-order valence-electron chi connectivity index (χ2n) is 8.04. The first-order chi connectivity index (χ1) is 16.5. The van der Waals surface area contributed by atoms with E-state index in [0.717, 1.165) is 16.7 Å². The highest BCUT2D eigenvalue weighted by molar-refractivity contribution is 7.90. The summed E-state index contributed by atoms with van der Waals surface area (Å²) in [7, 11) is -3.49. The summed E-state index contributed by atoms with van der Waals surface area (Å²) in [4.78, 5) is 29.1. The Hall–Kier alpha value is -2.79. The Kier molecular flexibility index (Phi) is 9.01. The lowest BCUT2D eigenvalue weighted by molar-refractivity contribution is -0.139. The van der Waals surface area contributed by atoms with Crippen molar-refractivity contribution in [2.45, 2.75) is 37.1 Å². The van der Waals surface area contributed by atoms with Gasteiger partial charge in [0.15, 0.2) is 15.0 Å². The molecule has 0 radical (unpaired) electrons. The molecular formula is C24H26ClN3O5S2. The van der Waals surface area contributed by atoms with E-state index in [1.54, 1.807) is 13.0 Å². The summed E-state index contributed by atoms with van der Waals surface area (Å²) in [5, 5.41) is 15.7. The van der Waals surface area contributed by atoms with Crippen molar-refractivity contribution >= 4 is 49.8 Å². The Bertz CT molecular complexity index is 1310. The highest BCUT2D eigenvalue weighted by atomic mass is 35.5. The summed E-state index contributed by atoms with van der Waals surface area (Å²) in [6, 6.07) is 13.4.